The molecule has 1 amide bonds. The van der Waals surface area contributed by atoms with Crippen molar-refractivity contribution in [3.8, 4) is 5.88 Å². The van der Waals surface area contributed by atoms with Gasteiger partial charge in [-0.1, -0.05) is 18.0 Å². The summed E-state index contributed by atoms with van der Waals surface area (Å²) in [6.07, 6.45) is 2.97. The molecule has 1 saturated heterocycles. The third kappa shape index (κ3) is 3.30. The van der Waals surface area contributed by atoms with Gasteiger partial charge in [0.15, 0.2) is 0 Å². The van der Waals surface area contributed by atoms with Gasteiger partial charge < -0.3 is 10.1 Å². The summed E-state index contributed by atoms with van der Waals surface area (Å²) in [7, 11) is 1.48. The minimum atomic E-state index is -0.188. The zero-order valence-electron chi connectivity index (χ0n) is 10.1. The Morgan fingerprint density at radius 1 is 1.56 bits per heavy atom. The van der Waals surface area contributed by atoms with E-state index in [0.717, 1.165) is 25.8 Å². The zero-order chi connectivity index (χ0) is 13.0. The fourth-order valence-corrected chi connectivity index (χ4v) is 2.00. The van der Waals surface area contributed by atoms with Gasteiger partial charge in [-0.25, -0.2) is 4.98 Å². The van der Waals surface area contributed by atoms with Crippen LogP contribution >= 0.6 is 11.6 Å². The monoisotopic (exact) mass is 270 g/mol. The van der Waals surface area contributed by atoms with Gasteiger partial charge in [-0.3, -0.25) is 10.1 Å². The topological polar surface area (TPSA) is 76.1 Å². The van der Waals surface area contributed by atoms with Crippen molar-refractivity contribution in [2.75, 3.05) is 19.0 Å². The van der Waals surface area contributed by atoms with E-state index in [2.05, 4.69) is 20.6 Å². The van der Waals surface area contributed by atoms with Crippen LogP contribution in [0.15, 0.2) is 6.07 Å². The summed E-state index contributed by atoms with van der Waals surface area (Å²) in [5, 5.41) is 6.02. The Labute approximate surface area is 110 Å². The number of nitrogens with zero attached hydrogens (tertiary/aromatic N) is 2. The molecule has 0 radical (unpaired) electrons. The van der Waals surface area contributed by atoms with Crippen molar-refractivity contribution in [3.63, 3.8) is 0 Å². The number of carbonyl (C=O) groups is 1. The molecule has 1 fully saturated rings. The number of hydrogen-bond acceptors (Lipinski definition) is 5. The van der Waals surface area contributed by atoms with Gasteiger partial charge in [0.05, 0.1) is 13.2 Å². The molecule has 98 valence electrons. The molecule has 1 aromatic rings. The summed E-state index contributed by atoms with van der Waals surface area (Å²) < 4.78 is 4.96. The Morgan fingerprint density at radius 3 is 3.06 bits per heavy atom. The summed E-state index contributed by atoms with van der Waals surface area (Å²) in [4.78, 5) is 19.9. The molecule has 6 nitrogen and oxygen atoms in total. The fourth-order valence-electron chi connectivity index (χ4n) is 1.83. The molecule has 0 spiro atoms. The minimum Gasteiger partial charge on any atom is -0.481 e. The SMILES string of the molecule is COc1cc(Cl)nc(NC(=O)[C@H]2CCCCN2)n1. The van der Waals surface area contributed by atoms with Crippen LogP contribution in [0.3, 0.4) is 0 Å². The lowest BCUT2D eigenvalue weighted by atomic mass is 10.0. The van der Waals surface area contributed by atoms with E-state index in [-0.39, 0.29) is 23.1 Å². The van der Waals surface area contributed by atoms with Crippen LogP contribution in [0.5, 0.6) is 5.88 Å². The number of anilines is 1. The minimum absolute atomic E-state index is 0.140. The Bertz CT molecular complexity index is 435. The first-order valence-electron chi connectivity index (χ1n) is 5.82. The number of rotatable bonds is 3. The molecule has 7 heteroatoms. The average Bonchev–Trinajstić information content (AvgIpc) is 2.39. The van der Waals surface area contributed by atoms with Crippen LogP contribution in [0, 0.1) is 0 Å². The Kier molecular flexibility index (Phi) is 4.33. The zero-order valence-corrected chi connectivity index (χ0v) is 10.8. The van der Waals surface area contributed by atoms with Crippen molar-refractivity contribution in [2.45, 2.75) is 25.3 Å². The van der Waals surface area contributed by atoms with Gasteiger partial charge in [0.25, 0.3) is 0 Å². The number of halogens is 1. The molecule has 1 aliphatic rings. The Balaban J connectivity index is 2.03. The summed E-state index contributed by atoms with van der Waals surface area (Å²) in [5.74, 6) is 0.345. The van der Waals surface area contributed by atoms with Crippen molar-refractivity contribution in [1.82, 2.24) is 15.3 Å². The number of aromatic nitrogens is 2. The predicted molar refractivity (Wildman–Crippen MR) is 67.9 cm³/mol. The number of piperidine rings is 1. The van der Waals surface area contributed by atoms with Gasteiger partial charge in [-0.15, -0.1) is 0 Å². The standard InChI is InChI=1S/C11H15ClN4O2/c1-18-9-6-8(12)14-11(15-9)16-10(17)7-4-2-3-5-13-7/h6-7,13H,2-5H2,1H3,(H,14,15,16,17)/t7-/m1/s1. The molecule has 0 aromatic carbocycles. The van der Waals surface area contributed by atoms with Gasteiger partial charge in [-0.05, 0) is 19.4 Å². The normalized spacial score (nSPS) is 19.3. The lowest BCUT2D eigenvalue weighted by molar-refractivity contribution is -0.118. The first kappa shape index (κ1) is 13.0. The number of amides is 1. The molecule has 2 rings (SSSR count). The second-order valence-corrected chi connectivity index (χ2v) is 4.44. The lowest BCUT2D eigenvalue weighted by Crippen LogP contribution is -2.43. The number of ether oxygens (including phenoxy) is 1. The maximum absolute atomic E-state index is 11.9. The molecule has 1 atom stereocenters. The highest BCUT2D eigenvalue weighted by molar-refractivity contribution is 6.29. The van der Waals surface area contributed by atoms with Crippen LogP contribution in [0.4, 0.5) is 5.95 Å². The smallest absolute Gasteiger partial charge is 0.243 e. The molecule has 1 aliphatic heterocycles. The quantitative estimate of drug-likeness (QED) is 0.808. The Hall–Kier alpha value is -1.40. The van der Waals surface area contributed by atoms with Crippen LogP contribution in [0.1, 0.15) is 19.3 Å². The summed E-state index contributed by atoms with van der Waals surface area (Å²) in [6, 6.07) is 1.29. The van der Waals surface area contributed by atoms with Crippen LogP contribution in [-0.2, 0) is 4.79 Å². The van der Waals surface area contributed by atoms with E-state index >= 15 is 0 Å². The summed E-state index contributed by atoms with van der Waals surface area (Å²) in [5.41, 5.74) is 0. The van der Waals surface area contributed by atoms with Gasteiger partial charge in [0.1, 0.15) is 5.15 Å². The Morgan fingerprint density at radius 2 is 2.39 bits per heavy atom. The van der Waals surface area contributed by atoms with Crippen LogP contribution < -0.4 is 15.4 Å². The van der Waals surface area contributed by atoms with E-state index in [1.165, 1.54) is 13.2 Å². The van der Waals surface area contributed by atoms with Gasteiger partial charge in [-0.2, -0.15) is 4.98 Å². The van der Waals surface area contributed by atoms with Crippen molar-refractivity contribution < 1.29 is 9.53 Å². The number of nitrogens with one attached hydrogen (secondary N) is 2. The van der Waals surface area contributed by atoms with Gasteiger partial charge in [0.2, 0.25) is 17.7 Å². The van der Waals surface area contributed by atoms with Crippen molar-refractivity contribution in [3.05, 3.63) is 11.2 Å². The second-order valence-electron chi connectivity index (χ2n) is 4.05. The average molecular weight is 271 g/mol. The molecule has 2 heterocycles. The third-order valence-corrected chi connectivity index (χ3v) is 2.94. The molecular formula is C11H15ClN4O2. The highest BCUT2D eigenvalue weighted by atomic mass is 35.5. The third-order valence-electron chi connectivity index (χ3n) is 2.74. The first-order valence-corrected chi connectivity index (χ1v) is 6.19. The van der Waals surface area contributed by atoms with Crippen LogP contribution in [-0.4, -0.2) is 35.6 Å². The van der Waals surface area contributed by atoms with E-state index in [1.807, 2.05) is 0 Å². The molecule has 0 aliphatic carbocycles. The van der Waals surface area contributed by atoms with Gasteiger partial charge >= 0.3 is 0 Å². The molecule has 0 saturated carbocycles. The molecule has 0 unspecified atom stereocenters. The molecule has 1 aromatic heterocycles. The number of carbonyl (C=O) groups excluding carboxylic acids is 1. The molecule has 18 heavy (non-hydrogen) atoms. The van der Waals surface area contributed by atoms with E-state index in [9.17, 15) is 4.79 Å². The maximum Gasteiger partial charge on any atom is 0.243 e. The van der Waals surface area contributed by atoms with Crippen molar-refractivity contribution in [2.24, 2.45) is 0 Å². The highest BCUT2D eigenvalue weighted by Crippen LogP contribution is 2.16. The van der Waals surface area contributed by atoms with E-state index in [0.29, 0.717) is 5.88 Å². The van der Waals surface area contributed by atoms with Gasteiger partial charge in [0, 0.05) is 6.07 Å². The molecule has 0 bridgehead atoms. The summed E-state index contributed by atoms with van der Waals surface area (Å²) >= 11 is 5.80. The second kappa shape index (κ2) is 5.97. The summed E-state index contributed by atoms with van der Waals surface area (Å²) in [6.45, 7) is 0.859. The number of methoxy groups -OCH3 is 1. The first-order chi connectivity index (χ1) is 8.69. The predicted octanol–water partition coefficient (Wildman–Crippen LogP) is 1.22. The van der Waals surface area contributed by atoms with Crippen LogP contribution in [0.25, 0.3) is 0 Å². The largest absolute Gasteiger partial charge is 0.481 e. The number of hydrogen-bond donors (Lipinski definition) is 2. The maximum atomic E-state index is 11.9. The molecular weight excluding hydrogens is 256 g/mol. The lowest BCUT2D eigenvalue weighted by Gasteiger charge is -2.22. The van der Waals surface area contributed by atoms with Crippen molar-refractivity contribution >= 4 is 23.5 Å². The van der Waals surface area contributed by atoms with E-state index in [1.54, 1.807) is 0 Å². The highest BCUT2D eigenvalue weighted by Gasteiger charge is 2.21. The molecule has 2 N–H and O–H groups in total. The van der Waals surface area contributed by atoms with E-state index < -0.39 is 0 Å². The van der Waals surface area contributed by atoms with E-state index in [4.69, 9.17) is 16.3 Å². The fraction of sp³-hybridized carbons (Fsp3) is 0.545. The van der Waals surface area contributed by atoms with Crippen LogP contribution in [0.2, 0.25) is 5.15 Å². The van der Waals surface area contributed by atoms with Crippen molar-refractivity contribution in [1.29, 1.82) is 0 Å².